The third-order valence-corrected chi connectivity index (χ3v) is 2.23. The van der Waals surface area contributed by atoms with E-state index in [0.29, 0.717) is 0 Å². The number of nitrogens with zero attached hydrogens (tertiary/aromatic N) is 2. The van der Waals surface area contributed by atoms with Gasteiger partial charge in [0.15, 0.2) is 0 Å². The van der Waals surface area contributed by atoms with Gasteiger partial charge < -0.3 is 0 Å². The van der Waals surface area contributed by atoms with Crippen molar-refractivity contribution in [3.05, 3.63) is 59.7 Å². The van der Waals surface area contributed by atoms with Crippen LogP contribution in [0, 0.1) is 6.92 Å². The third kappa shape index (κ3) is 2.50. The van der Waals surface area contributed by atoms with Gasteiger partial charge in [-0.2, -0.15) is 0 Å². The van der Waals surface area contributed by atoms with Gasteiger partial charge in [0.05, 0.1) is 0 Å². The zero-order chi connectivity index (χ0) is 10.5. The lowest BCUT2D eigenvalue weighted by Gasteiger charge is -1.97. The summed E-state index contributed by atoms with van der Waals surface area (Å²) in [5, 5.41) is 0. The topological polar surface area (TPSA) is 25.8 Å². The Balaban J connectivity index is 2.23. The van der Waals surface area contributed by atoms with E-state index in [1.807, 2.05) is 24.4 Å². The maximum absolute atomic E-state index is 4.06. The van der Waals surface area contributed by atoms with Gasteiger partial charge in [0.2, 0.25) is 0 Å². The van der Waals surface area contributed by atoms with Crippen LogP contribution in [0.1, 0.15) is 16.7 Å². The lowest BCUT2D eigenvalue weighted by atomic mass is 10.1. The molecule has 2 aromatic heterocycles. The number of pyridine rings is 2. The van der Waals surface area contributed by atoms with Crippen LogP contribution >= 0.6 is 0 Å². The summed E-state index contributed by atoms with van der Waals surface area (Å²) in [6.07, 6.45) is 11.4. The fourth-order valence-electron chi connectivity index (χ4n) is 1.33. The van der Waals surface area contributed by atoms with Crippen LogP contribution in [0.4, 0.5) is 0 Å². The smallest absolute Gasteiger partial charge is 0.0303 e. The predicted octanol–water partition coefficient (Wildman–Crippen LogP) is 2.96. The minimum absolute atomic E-state index is 1.15. The summed E-state index contributed by atoms with van der Waals surface area (Å²) < 4.78 is 0. The summed E-state index contributed by atoms with van der Waals surface area (Å²) >= 11 is 0. The van der Waals surface area contributed by atoms with Crippen molar-refractivity contribution in [1.29, 1.82) is 0 Å². The fourth-order valence-corrected chi connectivity index (χ4v) is 1.33. The summed E-state index contributed by atoms with van der Waals surface area (Å²) in [6.45, 7) is 2.05. The highest BCUT2D eigenvalue weighted by molar-refractivity contribution is 5.70. The van der Waals surface area contributed by atoms with Crippen molar-refractivity contribution in [2.75, 3.05) is 0 Å². The molecule has 2 nitrogen and oxygen atoms in total. The number of hydrogen-bond donors (Lipinski definition) is 0. The van der Waals surface area contributed by atoms with Crippen LogP contribution < -0.4 is 0 Å². The van der Waals surface area contributed by atoms with Gasteiger partial charge >= 0.3 is 0 Å². The molecule has 0 saturated heterocycles. The van der Waals surface area contributed by atoms with Crippen molar-refractivity contribution in [1.82, 2.24) is 9.97 Å². The second-order valence-electron chi connectivity index (χ2n) is 3.35. The molecule has 0 aliphatic rings. The van der Waals surface area contributed by atoms with Crippen LogP contribution in [0.2, 0.25) is 0 Å². The Labute approximate surface area is 89.3 Å². The predicted molar refractivity (Wildman–Crippen MR) is 62.1 cm³/mol. The van der Waals surface area contributed by atoms with Gasteiger partial charge in [0.1, 0.15) is 0 Å². The molecule has 2 heterocycles. The molecule has 2 heteroatoms. The quantitative estimate of drug-likeness (QED) is 0.738. The number of hydrogen-bond acceptors (Lipinski definition) is 2. The summed E-state index contributed by atoms with van der Waals surface area (Å²) in [5.74, 6) is 0. The van der Waals surface area contributed by atoms with E-state index in [9.17, 15) is 0 Å². The van der Waals surface area contributed by atoms with E-state index in [-0.39, 0.29) is 0 Å². The Kier molecular flexibility index (Phi) is 2.88. The van der Waals surface area contributed by atoms with E-state index >= 15 is 0 Å². The third-order valence-electron chi connectivity index (χ3n) is 2.23. The molecule has 74 valence electrons. The van der Waals surface area contributed by atoms with Gasteiger partial charge in [-0.3, -0.25) is 9.97 Å². The highest BCUT2D eigenvalue weighted by atomic mass is 14.6. The van der Waals surface area contributed by atoms with E-state index in [2.05, 4.69) is 29.0 Å². The molecule has 0 aromatic carbocycles. The lowest BCUT2D eigenvalue weighted by molar-refractivity contribution is 1.26. The molecule has 0 radical (unpaired) electrons. The summed E-state index contributed by atoms with van der Waals surface area (Å²) in [4.78, 5) is 8.03. The SMILES string of the molecule is Cc1cnccc1/C=C/c1ccncc1. The minimum atomic E-state index is 1.15. The van der Waals surface area contributed by atoms with Crippen molar-refractivity contribution in [2.45, 2.75) is 6.92 Å². The average molecular weight is 196 g/mol. The van der Waals surface area contributed by atoms with Gasteiger partial charge in [-0.15, -0.1) is 0 Å². The molecule has 15 heavy (non-hydrogen) atoms. The second-order valence-corrected chi connectivity index (χ2v) is 3.35. The Bertz CT molecular complexity index is 461. The van der Waals surface area contributed by atoms with Crippen LogP contribution in [0.25, 0.3) is 12.2 Å². The Morgan fingerprint density at radius 1 is 0.933 bits per heavy atom. The highest BCUT2D eigenvalue weighted by Crippen LogP contribution is 2.10. The second kappa shape index (κ2) is 4.51. The molecule has 0 atom stereocenters. The maximum atomic E-state index is 4.06. The first kappa shape index (κ1) is 9.59. The van der Waals surface area contributed by atoms with Gasteiger partial charge in [-0.1, -0.05) is 12.2 Å². The van der Waals surface area contributed by atoms with Crippen molar-refractivity contribution in [2.24, 2.45) is 0 Å². The van der Waals surface area contributed by atoms with Gasteiger partial charge in [0.25, 0.3) is 0 Å². The van der Waals surface area contributed by atoms with Crippen LogP contribution in [0.15, 0.2) is 43.0 Å². The van der Waals surface area contributed by atoms with E-state index in [0.717, 1.165) is 5.56 Å². The largest absolute Gasteiger partial charge is 0.265 e. The van der Waals surface area contributed by atoms with Gasteiger partial charge in [-0.05, 0) is 41.8 Å². The molecular formula is C13H12N2. The standard InChI is InChI=1S/C13H12N2/c1-11-10-15-9-6-13(11)3-2-12-4-7-14-8-5-12/h2-10H,1H3/b3-2+. The average Bonchev–Trinajstić information content (AvgIpc) is 2.29. The first-order valence-corrected chi connectivity index (χ1v) is 4.85. The van der Waals surface area contributed by atoms with Gasteiger partial charge in [0, 0.05) is 24.8 Å². The summed E-state index contributed by atoms with van der Waals surface area (Å²) in [5.41, 5.74) is 3.53. The zero-order valence-electron chi connectivity index (χ0n) is 8.59. The molecule has 2 aromatic rings. The normalized spacial score (nSPS) is 10.7. The zero-order valence-corrected chi connectivity index (χ0v) is 8.59. The van der Waals surface area contributed by atoms with Crippen molar-refractivity contribution in [3.8, 4) is 0 Å². The molecule has 0 N–H and O–H groups in total. The molecule has 0 amide bonds. The first-order valence-electron chi connectivity index (χ1n) is 4.85. The van der Waals surface area contributed by atoms with E-state index < -0.39 is 0 Å². The molecule has 0 unspecified atom stereocenters. The fraction of sp³-hybridized carbons (Fsp3) is 0.0769. The summed E-state index contributed by atoms with van der Waals surface area (Å²) in [6, 6.07) is 5.97. The van der Waals surface area contributed by atoms with E-state index in [1.54, 1.807) is 18.6 Å². The monoisotopic (exact) mass is 196 g/mol. The van der Waals surface area contributed by atoms with Crippen LogP contribution in [0.3, 0.4) is 0 Å². The number of aryl methyl sites for hydroxylation is 1. The van der Waals surface area contributed by atoms with Crippen molar-refractivity contribution >= 4 is 12.2 Å². The lowest BCUT2D eigenvalue weighted by Crippen LogP contribution is -1.81. The summed E-state index contributed by atoms with van der Waals surface area (Å²) in [7, 11) is 0. The van der Waals surface area contributed by atoms with Gasteiger partial charge in [-0.25, -0.2) is 0 Å². The molecule has 0 bridgehead atoms. The first-order chi connectivity index (χ1) is 7.36. The number of rotatable bonds is 2. The number of aromatic nitrogens is 2. The Morgan fingerprint density at radius 2 is 1.67 bits per heavy atom. The van der Waals surface area contributed by atoms with Crippen LogP contribution in [-0.4, -0.2) is 9.97 Å². The maximum Gasteiger partial charge on any atom is 0.0303 e. The molecule has 0 saturated carbocycles. The molecule has 2 rings (SSSR count). The van der Waals surface area contributed by atoms with Crippen LogP contribution in [0.5, 0.6) is 0 Å². The van der Waals surface area contributed by atoms with Crippen molar-refractivity contribution in [3.63, 3.8) is 0 Å². The van der Waals surface area contributed by atoms with E-state index in [4.69, 9.17) is 0 Å². The van der Waals surface area contributed by atoms with Crippen molar-refractivity contribution < 1.29 is 0 Å². The highest BCUT2D eigenvalue weighted by Gasteiger charge is 1.91. The minimum Gasteiger partial charge on any atom is -0.265 e. The van der Waals surface area contributed by atoms with E-state index in [1.165, 1.54) is 11.1 Å². The molecule has 0 aliphatic carbocycles. The molecule has 0 aliphatic heterocycles. The Morgan fingerprint density at radius 3 is 2.40 bits per heavy atom. The molecular weight excluding hydrogens is 184 g/mol. The van der Waals surface area contributed by atoms with Crippen LogP contribution in [-0.2, 0) is 0 Å². The molecule has 0 fully saturated rings. The molecule has 0 spiro atoms. The Hall–Kier alpha value is -1.96.